The Labute approximate surface area is 71.4 Å². The van der Waals surface area contributed by atoms with Crippen molar-refractivity contribution < 1.29 is 0 Å². The normalized spacial score (nSPS) is 40.1. The van der Waals surface area contributed by atoms with E-state index in [4.69, 9.17) is 0 Å². The monoisotopic (exact) mass is 154 g/mol. The SMILES string of the molecule is CC.CCC1CC2CCC1C2. The fourth-order valence-corrected chi connectivity index (χ4v) is 2.88. The lowest BCUT2D eigenvalue weighted by molar-refractivity contribution is 0.324. The Balaban J connectivity index is 0.000000281. The van der Waals surface area contributed by atoms with E-state index in [0.29, 0.717) is 0 Å². The molecule has 0 N–H and O–H groups in total. The average molecular weight is 154 g/mol. The summed E-state index contributed by atoms with van der Waals surface area (Å²) in [5, 5.41) is 0. The summed E-state index contributed by atoms with van der Waals surface area (Å²) in [6.45, 7) is 6.35. The number of fused-ring (bicyclic) bond motifs is 2. The summed E-state index contributed by atoms with van der Waals surface area (Å²) in [5.74, 6) is 3.43. The standard InChI is InChI=1S/C9H16.C2H6/c1-2-8-5-7-3-4-9(8)6-7;1-2/h7-9H,2-6H2,1H3;1-2H3. The van der Waals surface area contributed by atoms with Crippen LogP contribution in [0.5, 0.6) is 0 Å². The van der Waals surface area contributed by atoms with Crippen molar-refractivity contribution in [3.63, 3.8) is 0 Å². The van der Waals surface area contributed by atoms with Crippen molar-refractivity contribution in [2.45, 2.75) is 52.9 Å². The van der Waals surface area contributed by atoms with Crippen LogP contribution in [-0.2, 0) is 0 Å². The Morgan fingerprint density at radius 1 is 1.09 bits per heavy atom. The first-order chi connectivity index (χ1) is 5.40. The fourth-order valence-electron chi connectivity index (χ4n) is 2.88. The maximum atomic E-state index is 2.35. The van der Waals surface area contributed by atoms with Gasteiger partial charge in [0, 0.05) is 0 Å². The van der Waals surface area contributed by atoms with Gasteiger partial charge in [-0.2, -0.15) is 0 Å². The van der Waals surface area contributed by atoms with Gasteiger partial charge < -0.3 is 0 Å². The lowest BCUT2D eigenvalue weighted by Gasteiger charge is -2.18. The third-order valence-corrected chi connectivity index (χ3v) is 3.41. The molecule has 0 nitrogen and oxygen atoms in total. The van der Waals surface area contributed by atoms with Gasteiger partial charge in [-0.15, -0.1) is 0 Å². The lowest BCUT2D eigenvalue weighted by Crippen LogP contribution is -2.08. The molecule has 0 aromatic rings. The Bertz CT molecular complexity index is 107. The first-order valence-electron chi connectivity index (χ1n) is 5.40. The van der Waals surface area contributed by atoms with Gasteiger partial charge in [-0.05, 0) is 37.0 Å². The first kappa shape index (κ1) is 9.09. The topological polar surface area (TPSA) is 0 Å². The molecular formula is C11H22. The average Bonchev–Trinajstić information content (AvgIpc) is 2.67. The molecular weight excluding hydrogens is 132 g/mol. The van der Waals surface area contributed by atoms with Crippen LogP contribution >= 0.6 is 0 Å². The van der Waals surface area contributed by atoms with Gasteiger partial charge in [0.25, 0.3) is 0 Å². The third-order valence-electron chi connectivity index (χ3n) is 3.41. The summed E-state index contributed by atoms with van der Waals surface area (Å²) in [6, 6.07) is 0. The minimum atomic E-state index is 1.13. The van der Waals surface area contributed by atoms with Crippen molar-refractivity contribution in [3.8, 4) is 0 Å². The zero-order chi connectivity index (χ0) is 8.27. The van der Waals surface area contributed by atoms with Crippen LogP contribution in [0.2, 0.25) is 0 Å². The molecule has 0 aliphatic heterocycles. The lowest BCUT2D eigenvalue weighted by atomic mass is 9.87. The van der Waals surface area contributed by atoms with Crippen LogP contribution in [0.4, 0.5) is 0 Å². The van der Waals surface area contributed by atoms with Crippen LogP contribution in [0, 0.1) is 17.8 Å². The van der Waals surface area contributed by atoms with E-state index in [2.05, 4.69) is 6.92 Å². The van der Waals surface area contributed by atoms with Gasteiger partial charge in [-0.25, -0.2) is 0 Å². The molecule has 3 atom stereocenters. The van der Waals surface area contributed by atoms with Crippen LogP contribution in [-0.4, -0.2) is 0 Å². The summed E-state index contributed by atoms with van der Waals surface area (Å²) < 4.78 is 0. The molecule has 2 bridgehead atoms. The summed E-state index contributed by atoms with van der Waals surface area (Å²) in [6.07, 6.45) is 7.71. The zero-order valence-corrected chi connectivity index (χ0v) is 8.27. The van der Waals surface area contributed by atoms with E-state index >= 15 is 0 Å². The van der Waals surface area contributed by atoms with Crippen molar-refractivity contribution in [3.05, 3.63) is 0 Å². The van der Waals surface area contributed by atoms with E-state index < -0.39 is 0 Å². The highest BCUT2D eigenvalue weighted by Gasteiger charge is 2.37. The van der Waals surface area contributed by atoms with E-state index in [1.54, 1.807) is 25.7 Å². The zero-order valence-electron chi connectivity index (χ0n) is 8.27. The molecule has 0 amide bonds. The van der Waals surface area contributed by atoms with Crippen LogP contribution < -0.4 is 0 Å². The molecule has 0 radical (unpaired) electrons. The smallest absolute Gasteiger partial charge is 0.0383 e. The number of hydrogen-bond acceptors (Lipinski definition) is 0. The van der Waals surface area contributed by atoms with E-state index in [9.17, 15) is 0 Å². The highest BCUT2D eigenvalue weighted by atomic mass is 14.4. The second-order valence-electron chi connectivity index (χ2n) is 3.84. The molecule has 2 saturated carbocycles. The van der Waals surface area contributed by atoms with Crippen molar-refractivity contribution >= 4 is 0 Å². The summed E-state index contributed by atoms with van der Waals surface area (Å²) in [5.41, 5.74) is 0. The van der Waals surface area contributed by atoms with Gasteiger partial charge >= 0.3 is 0 Å². The van der Waals surface area contributed by atoms with Crippen LogP contribution in [0.25, 0.3) is 0 Å². The van der Waals surface area contributed by atoms with Gasteiger partial charge in [0.05, 0.1) is 0 Å². The Morgan fingerprint density at radius 2 is 1.82 bits per heavy atom. The first-order valence-corrected chi connectivity index (χ1v) is 5.40. The predicted molar refractivity (Wildman–Crippen MR) is 50.6 cm³/mol. The molecule has 2 fully saturated rings. The second kappa shape index (κ2) is 4.13. The Hall–Kier alpha value is 0. The molecule has 0 saturated heterocycles. The summed E-state index contributed by atoms with van der Waals surface area (Å²) in [4.78, 5) is 0. The second-order valence-corrected chi connectivity index (χ2v) is 3.84. The number of rotatable bonds is 1. The van der Waals surface area contributed by atoms with Gasteiger partial charge in [0.1, 0.15) is 0 Å². The van der Waals surface area contributed by atoms with Crippen LogP contribution in [0.3, 0.4) is 0 Å². The molecule has 3 unspecified atom stereocenters. The minimum Gasteiger partial charge on any atom is -0.0683 e. The van der Waals surface area contributed by atoms with Crippen molar-refractivity contribution in [1.29, 1.82) is 0 Å². The summed E-state index contributed by atoms with van der Waals surface area (Å²) in [7, 11) is 0. The molecule has 0 heterocycles. The van der Waals surface area contributed by atoms with E-state index in [0.717, 1.165) is 17.8 Å². The quantitative estimate of drug-likeness (QED) is 0.538. The van der Waals surface area contributed by atoms with Crippen LogP contribution in [0.1, 0.15) is 52.9 Å². The number of hydrogen-bond donors (Lipinski definition) is 0. The molecule has 2 aliphatic rings. The maximum Gasteiger partial charge on any atom is -0.0383 e. The highest BCUT2D eigenvalue weighted by Crippen LogP contribution is 2.49. The van der Waals surface area contributed by atoms with E-state index in [1.165, 1.54) is 6.42 Å². The van der Waals surface area contributed by atoms with Crippen molar-refractivity contribution in [1.82, 2.24) is 0 Å². The molecule has 2 rings (SSSR count). The van der Waals surface area contributed by atoms with Gasteiger partial charge in [0.2, 0.25) is 0 Å². The molecule has 0 heteroatoms. The van der Waals surface area contributed by atoms with Gasteiger partial charge in [-0.1, -0.05) is 33.6 Å². The molecule has 0 aromatic heterocycles. The van der Waals surface area contributed by atoms with Crippen molar-refractivity contribution in [2.75, 3.05) is 0 Å². The highest BCUT2D eigenvalue weighted by molar-refractivity contribution is 4.88. The summed E-state index contributed by atoms with van der Waals surface area (Å²) >= 11 is 0. The van der Waals surface area contributed by atoms with E-state index in [-0.39, 0.29) is 0 Å². The molecule has 2 aliphatic carbocycles. The van der Waals surface area contributed by atoms with Crippen molar-refractivity contribution in [2.24, 2.45) is 17.8 Å². The van der Waals surface area contributed by atoms with Gasteiger partial charge in [-0.3, -0.25) is 0 Å². The molecule has 66 valence electrons. The third kappa shape index (κ3) is 1.77. The van der Waals surface area contributed by atoms with Gasteiger partial charge in [0.15, 0.2) is 0 Å². The van der Waals surface area contributed by atoms with Crippen LogP contribution in [0.15, 0.2) is 0 Å². The minimum absolute atomic E-state index is 1.13. The largest absolute Gasteiger partial charge is 0.0683 e. The fraction of sp³-hybridized carbons (Fsp3) is 1.00. The Morgan fingerprint density at radius 3 is 2.09 bits per heavy atom. The molecule has 11 heavy (non-hydrogen) atoms. The molecule has 0 spiro atoms. The Kier molecular flexibility index (Phi) is 3.42. The van der Waals surface area contributed by atoms with E-state index in [1.807, 2.05) is 13.8 Å². The molecule has 0 aromatic carbocycles. The maximum absolute atomic E-state index is 2.35. The predicted octanol–water partition coefficient (Wildman–Crippen LogP) is 3.86.